The normalized spacial score (nSPS) is 10.7. The van der Waals surface area contributed by atoms with Crippen molar-refractivity contribution in [3.63, 3.8) is 0 Å². The number of hydrogen-bond acceptors (Lipinski definition) is 6. The lowest BCUT2D eigenvalue weighted by molar-refractivity contribution is 0.101. The highest BCUT2D eigenvalue weighted by Gasteiger charge is 2.18. The summed E-state index contributed by atoms with van der Waals surface area (Å²) in [6.45, 7) is 0.398. The zero-order valence-corrected chi connectivity index (χ0v) is 18.5. The molecule has 10 heteroatoms. The predicted octanol–water partition coefficient (Wildman–Crippen LogP) is 3.81. The van der Waals surface area contributed by atoms with Crippen LogP contribution in [-0.2, 0) is 6.42 Å². The Labute approximate surface area is 199 Å². The van der Waals surface area contributed by atoms with E-state index in [0.717, 1.165) is 5.56 Å². The second-order valence-electron chi connectivity index (χ2n) is 7.57. The number of pyridine rings is 1. The molecule has 2 amide bonds. The average molecular weight is 467 g/mol. The molecule has 0 saturated carbocycles. The number of carbonyl (C=O) groups is 2. The molecule has 5 aromatic rings. The number of hydrogen-bond donors (Lipinski definition) is 4. The molecule has 4 N–H and O–H groups in total. The molecule has 0 aliphatic rings. The van der Waals surface area contributed by atoms with Gasteiger partial charge < -0.3 is 14.7 Å². The molecule has 0 aliphatic heterocycles. The summed E-state index contributed by atoms with van der Waals surface area (Å²) in [6.07, 6.45) is 5.36. The van der Waals surface area contributed by atoms with Crippen molar-refractivity contribution in [2.24, 2.45) is 0 Å². The highest BCUT2D eigenvalue weighted by Crippen LogP contribution is 2.21. The van der Waals surface area contributed by atoms with E-state index in [1.54, 1.807) is 36.5 Å². The van der Waals surface area contributed by atoms with Gasteiger partial charge in [0.1, 0.15) is 5.52 Å². The number of carbonyl (C=O) groups excluding carboxylic acids is 2. The van der Waals surface area contributed by atoms with Crippen LogP contribution in [0.15, 0.2) is 79.3 Å². The lowest BCUT2D eigenvalue weighted by Gasteiger charge is -2.10. The van der Waals surface area contributed by atoms with Crippen molar-refractivity contribution in [1.82, 2.24) is 24.9 Å². The molecule has 3 heterocycles. The Morgan fingerprint density at radius 3 is 2.54 bits per heavy atom. The van der Waals surface area contributed by atoms with Crippen molar-refractivity contribution < 1.29 is 14.3 Å². The molecule has 2 aromatic carbocycles. The topological polar surface area (TPSA) is 138 Å². The van der Waals surface area contributed by atoms with Gasteiger partial charge in [-0.3, -0.25) is 20.2 Å². The van der Waals surface area contributed by atoms with E-state index in [-0.39, 0.29) is 17.5 Å². The SMILES string of the molecule is O=C(Nc1nc2c(C(=O)Nc3ncc[nH]3)cccc2[nH]1)c1ncccc1OCCc1ccccc1. The minimum Gasteiger partial charge on any atom is -0.491 e. The minimum atomic E-state index is -0.485. The first-order valence-corrected chi connectivity index (χ1v) is 10.9. The molecule has 0 aliphatic carbocycles. The molecule has 10 nitrogen and oxygen atoms in total. The minimum absolute atomic E-state index is 0.136. The Balaban J connectivity index is 1.30. The number of nitrogens with zero attached hydrogens (tertiary/aromatic N) is 3. The van der Waals surface area contributed by atoms with Gasteiger partial charge in [0, 0.05) is 25.0 Å². The Bertz CT molecular complexity index is 1460. The van der Waals surface area contributed by atoms with Crippen molar-refractivity contribution in [2.45, 2.75) is 6.42 Å². The summed E-state index contributed by atoms with van der Waals surface area (Å²) in [5, 5.41) is 5.38. The van der Waals surface area contributed by atoms with Crippen molar-refractivity contribution in [1.29, 1.82) is 0 Å². The average Bonchev–Trinajstić information content (AvgIpc) is 3.54. The molecular weight excluding hydrogens is 446 g/mol. The van der Waals surface area contributed by atoms with Gasteiger partial charge in [-0.15, -0.1) is 0 Å². The summed E-state index contributed by atoms with van der Waals surface area (Å²) < 4.78 is 5.84. The van der Waals surface area contributed by atoms with Crippen LogP contribution >= 0.6 is 0 Å². The van der Waals surface area contributed by atoms with Crippen LogP contribution in [0.2, 0.25) is 0 Å². The number of amides is 2. The van der Waals surface area contributed by atoms with Gasteiger partial charge >= 0.3 is 0 Å². The van der Waals surface area contributed by atoms with Crippen LogP contribution in [0.3, 0.4) is 0 Å². The lowest BCUT2D eigenvalue weighted by Crippen LogP contribution is -2.17. The maximum atomic E-state index is 13.0. The van der Waals surface area contributed by atoms with Crippen LogP contribution < -0.4 is 15.4 Å². The van der Waals surface area contributed by atoms with Gasteiger partial charge in [-0.2, -0.15) is 0 Å². The predicted molar refractivity (Wildman–Crippen MR) is 130 cm³/mol. The number of rotatable bonds is 8. The van der Waals surface area contributed by atoms with E-state index >= 15 is 0 Å². The number of aromatic nitrogens is 5. The van der Waals surface area contributed by atoms with E-state index in [4.69, 9.17) is 4.74 Å². The fraction of sp³-hybridized carbons (Fsp3) is 0.0800. The van der Waals surface area contributed by atoms with Crippen molar-refractivity contribution in [3.05, 3.63) is 96.1 Å². The fourth-order valence-corrected chi connectivity index (χ4v) is 3.55. The molecular formula is C25H21N7O3. The first-order valence-electron chi connectivity index (χ1n) is 10.9. The number of ether oxygens (including phenoxy) is 1. The van der Waals surface area contributed by atoms with E-state index in [1.807, 2.05) is 30.3 Å². The van der Waals surface area contributed by atoms with Crippen molar-refractivity contribution in [3.8, 4) is 5.75 Å². The third-order valence-electron chi connectivity index (χ3n) is 5.20. The van der Waals surface area contributed by atoms with E-state index in [0.29, 0.717) is 41.3 Å². The summed E-state index contributed by atoms with van der Waals surface area (Å²) in [5.74, 6) is 0.0143. The number of para-hydroxylation sites is 1. The molecule has 0 atom stereocenters. The van der Waals surface area contributed by atoms with Crippen molar-refractivity contribution >= 4 is 34.7 Å². The second-order valence-corrected chi connectivity index (χ2v) is 7.57. The molecule has 0 saturated heterocycles. The molecule has 0 fully saturated rings. The molecule has 0 radical (unpaired) electrons. The third kappa shape index (κ3) is 5.01. The number of imidazole rings is 2. The van der Waals surface area contributed by atoms with Gasteiger partial charge in [0.05, 0.1) is 17.7 Å². The summed E-state index contributed by atoms with van der Waals surface area (Å²) in [4.78, 5) is 44.1. The van der Waals surface area contributed by atoms with Gasteiger partial charge in [-0.1, -0.05) is 36.4 Å². The fourth-order valence-electron chi connectivity index (χ4n) is 3.55. The molecule has 3 aromatic heterocycles. The standard InChI is InChI=1S/C25H21N7O3/c33-22(31-24-27-13-14-28-24)17-8-4-9-18-20(17)30-25(29-18)32-23(34)21-19(10-5-12-26-21)35-15-11-16-6-2-1-3-7-16/h1-10,12-14H,11,15H2,(H2,27,28,31,33)(H2,29,30,32,34). The van der Waals surface area contributed by atoms with Gasteiger partial charge in [-0.25, -0.2) is 15.0 Å². The monoisotopic (exact) mass is 467 g/mol. The summed E-state index contributed by atoms with van der Waals surface area (Å²) in [6, 6.07) is 18.5. The largest absolute Gasteiger partial charge is 0.491 e. The van der Waals surface area contributed by atoms with E-state index in [9.17, 15) is 9.59 Å². The highest BCUT2D eigenvalue weighted by molar-refractivity contribution is 6.11. The Morgan fingerprint density at radius 1 is 0.857 bits per heavy atom. The summed E-state index contributed by atoms with van der Waals surface area (Å²) in [5.41, 5.74) is 2.60. The van der Waals surface area contributed by atoms with Crippen LogP contribution in [0.4, 0.5) is 11.9 Å². The zero-order valence-electron chi connectivity index (χ0n) is 18.5. The first-order chi connectivity index (χ1) is 17.2. The van der Waals surface area contributed by atoms with Crippen LogP contribution in [0.25, 0.3) is 11.0 Å². The maximum absolute atomic E-state index is 13.0. The molecule has 5 rings (SSSR count). The second kappa shape index (κ2) is 9.87. The van der Waals surface area contributed by atoms with Crippen molar-refractivity contribution in [2.75, 3.05) is 17.2 Å². The lowest BCUT2D eigenvalue weighted by atomic mass is 10.2. The van der Waals surface area contributed by atoms with Gasteiger partial charge in [-0.05, 0) is 29.8 Å². The summed E-state index contributed by atoms with van der Waals surface area (Å²) >= 11 is 0. The smallest absolute Gasteiger partial charge is 0.280 e. The van der Waals surface area contributed by atoms with Crippen LogP contribution in [0.5, 0.6) is 5.75 Å². The summed E-state index contributed by atoms with van der Waals surface area (Å²) in [7, 11) is 0. The number of fused-ring (bicyclic) bond motifs is 1. The van der Waals surface area contributed by atoms with Gasteiger partial charge in [0.2, 0.25) is 11.9 Å². The van der Waals surface area contributed by atoms with Gasteiger partial charge in [0.15, 0.2) is 11.4 Å². The Morgan fingerprint density at radius 2 is 1.71 bits per heavy atom. The highest BCUT2D eigenvalue weighted by atomic mass is 16.5. The van der Waals surface area contributed by atoms with E-state index in [2.05, 4.69) is 35.6 Å². The first kappa shape index (κ1) is 21.8. The molecule has 0 bridgehead atoms. The van der Waals surface area contributed by atoms with Crippen LogP contribution in [0.1, 0.15) is 26.4 Å². The zero-order chi connectivity index (χ0) is 24.0. The quantitative estimate of drug-likeness (QED) is 0.274. The Kier molecular flexibility index (Phi) is 6.16. The van der Waals surface area contributed by atoms with E-state index < -0.39 is 5.91 Å². The molecule has 0 spiro atoms. The molecule has 174 valence electrons. The van der Waals surface area contributed by atoms with E-state index in [1.165, 1.54) is 12.4 Å². The van der Waals surface area contributed by atoms with Gasteiger partial charge in [0.25, 0.3) is 11.8 Å². The number of benzene rings is 2. The van der Waals surface area contributed by atoms with Crippen LogP contribution in [0, 0.1) is 0 Å². The Hall–Kier alpha value is -4.99. The van der Waals surface area contributed by atoms with Crippen LogP contribution in [-0.4, -0.2) is 43.3 Å². The molecule has 35 heavy (non-hydrogen) atoms. The maximum Gasteiger partial charge on any atom is 0.280 e. The number of anilines is 2. The molecule has 0 unspecified atom stereocenters. The number of H-pyrrole nitrogens is 2. The third-order valence-corrected chi connectivity index (χ3v) is 5.20. The number of nitrogens with one attached hydrogen (secondary N) is 4. The number of aromatic amines is 2.